The van der Waals surface area contributed by atoms with E-state index in [9.17, 15) is 4.79 Å². The number of benzene rings is 1. The summed E-state index contributed by atoms with van der Waals surface area (Å²) in [5.74, 6) is 1.01. The molecule has 0 aromatic heterocycles. The zero-order chi connectivity index (χ0) is 14.5. The zero-order valence-electron chi connectivity index (χ0n) is 12.6. The number of amides is 1. The van der Waals surface area contributed by atoms with E-state index in [0.29, 0.717) is 6.54 Å². The van der Waals surface area contributed by atoms with Crippen molar-refractivity contribution in [3.05, 3.63) is 29.8 Å². The van der Waals surface area contributed by atoms with Crippen molar-refractivity contribution in [1.82, 2.24) is 5.32 Å². The fraction of sp³-hybridized carbons (Fsp3) is 0.562. The van der Waals surface area contributed by atoms with Crippen LogP contribution in [0.5, 0.6) is 5.75 Å². The van der Waals surface area contributed by atoms with Crippen LogP contribution >= 0.6 is 0 Å². The van der Waals surface area contributed by atoms with Gasteiger partial charge in [0.1, 0.15) is 11.4 Å². The van der Waals surface area contributed by atoms with Gasteiger partial charge in [0.05, 0.1) is 0 Å². The van der Waals surface area contributed by atoms with Crippen molar-refractivity contribution < 1.29 is 9.53 Å². The number of nitrogens with one attached hydrogen (secondary N) is 1. The van der Waals surface area contributed by atoms with Crippen molar-refractivity contribution in [1.29, 1.82) is 0 Å². The first-order valence-corrected chi connectivity index (χ1v) is 6.83. The summed E-state index contributed by atoms with van der Waals surface area (Å²) < 4.78 is 5.82. The highest BCUT2D eigenvalue weighted by atomic mass is 16.5. The summed E-state index contributed by atoms with van der Waals surface area (Å²) >= 11 is 0. The van der Waals surface area contributed by atoms with E-state index in [1.165, 1.54) is 5.56 Å². The molecule has 0 radical (unpaired) electrons. The lowest BCUT2D eigenvalue weighted by Crippen LogP contribution is -2.29. The molecule has 3 heteroatoms. The van der Waals surface area contributed by atoms with Crippen LogP contribution in [0.3, 0.4) is 0 Å². The third-order valence-electron chi connectivity index (χ3n) is 2.56. The maximum atomic E-state index is 11.5. The maximum Gasteiger partial charge on any atom is 0.222 e. The van der Waals surface area contributed by atoms with Crippen molar-refractivity contribution in [3.63, 3.8) is 0 Å². The molecule has 0 aliphatic heterocycles. The van der Waals surface area contributed by atoms with Crippen LogP contribution in [-0.4, -0.2) is 18.1 Å². The topological polar surface area (TPSA) is 38.3 Å². The van der Waals surface area contributed by atoms with Gasteiger partial charge in [-0.25, -0.2) is 0 Å². The number of hydrogen-bond donors (Lipinski definition) is 1. The Hall–Kier alpha value is -1.51. The van der Waals surface area contributed by atoms with Gasteiger partial charge < -0.3 is 10.1 Å². The van der Waals surface area contributed by atoms with Gasteiger partial charge in [-0.2, -0.15) is 0 Å². The standard InChI is InChI=1S/C16H25NO2/c1-12(2)15(18)17-10-9-13-7-6-8-14(11-13)19-16(3,4)5/h6-8,11-12H,9-10H2,1-5H3,(H,17,18). The SMILES string of the molecule is CC(C)C(=O)NCCc1cccc(OC(C)(C)C)c1. The number of ether oxygens (including phenoxy) is 1. The summed E-state index contributed by atoms with van der Waals surface area (Å²) in [5.41, 5.74) is 0.982. The monoisotopic (exact) mass is 263 g/mol. The van der Waals surface area contributed by atoms with Gasteiger partial charge in [-0.1, -0.05) is 26.0 Å². The Bertz CT molecular complexity index is 419. The minimum Gasteiger partial charge on any atom is -0.488 e. The lowest BCUT2D eigenvalue weighted by Gasteiger charge is -2.21. The summed E-state index contributed by atoms with van der Waals surface area (Å²) in [6.07, 6.45) is 0.819. The molecule has 0 unspecified atom stereocenters. The van der Waals surface area contributed by atoms with Gasteiger partial charge in [0, 0.05) is 12.5 Å². The third-order valence-corrected chi connectivity index (χ3v) is 2.56. The molecule has 3 nitrogen and oxygen atoms in total. The first kappa shape index (κ1) is 15.5. The second-order valence-electron chi connectivity index (χ2n) is 6.06. The Balaban J connectivity index is 2.51. The van der Waals surface area contributed by atoms with Crippen LogP contribution in [0.2, 0.25) is 0 Å². The molecular weight excluding hydrogens is 238 g/mol. The van der Waals surface area contributed by atoms with Crippen LogP contribution < -0.4 is 10.1 Å². The Labute approximate surface area is 116 Å². The van der Waals surface area contributed by atoms with Gasteiger partial charge in [0.15, 0.2) is 0 Å². The highest BCUT2D eigenvalue weighted by Crippen LogP contribution is 2.19. The number of hydrogen-bond acceptors (Lipinski definition) is 2. The van der Waals surface area contributed by atoms with Crippen molar-refractivity contribution in [2.45, 2.75) is 46.6 Å². The Morgan fingerprint density at radius 2 is 2.00 bits per heavy atom. The van der Waals surface area contributed by atoms with Gasteiger partial charge >= 0.3 is 0 Å². The molecule has 1 N–H and O–H groups in total. The lowest BCUT2D eigenvalue weighted by atomic mass is 10.1. The first-order chi connectivity index (χ1) is 8.78. The summed E-state index contributed by atoms with van der Waals surface area (Å²) in [4.78, 5) is 11.5. The molecule has 19 heavy (non-hydrogen) atoms. The van der Waals surface area contributed by atoms with E-state index in [4.69, 9.17) is 4.74 Å². The highest BCUT2D eigenvalue weighted by Gasteiger charge is 2.11. The van der Waals surface area contributed by atoms with Gasteiger partial charge in [-0.3, -0.25) is 4.79 Å². The molecule has 0 saturated heterocycles. The van der Waals surface area contributed by atoms with Crippen molar-refractivity contribution in [2.75, 3.05) is 6.54 Å². The summed E-state index contributed by atoms with van der Waals surface area (Å²) in [6.45, 7) is 10.5. The van der Waals surface area contributed by atoms with Gasteiger partial charge in [-0.15, -0.1) is 0 Å². The maximum absolute atomic E-state index is 11.5. The van der Waals surface area contributed by atoms with Crippen LogP contribution in [0.25, 0.3) is 0 Å². The Morgan fingerprint density at radius 1 is 1.32 bits per heavy atom. The fourth-order valence-electron chi connectivity index (χ4n) is 1.65. The van der Waals surface area contributed by atoms with Crippen LogP contribution in [-0.2, 0) is 11.2 Å². The largest absolute Gasteiger partial charge is 0.488 e. The molecule has 1 rings (SSSR count). The molecule has 0 fully saturated rings. The van der Waals surface area contributed by atoms with Crippen LogP contribution in [0.15, 0.2) is 24.3 Å². The molecule has 1 aromatic rings. The molecule has 0 saturated carbocycles. The summed E-state index contributed by atoms with van der Waals surface area (Å²) in [7, 11) is 0. The first-order valence-electron chi connectivity index (χ1n) is 6.83. The van der Waals surface area contributed by atoms with E-state index in [-0.39, 0.29) is 17.4 Å². The lowest BCUT2D eigenvalue weighted by molar-refractivity contribution is -0.123. The van der Waals surface area contributed by atoms with E-state index in [1.54, 1.807) is 0 Å². The molecule has 1 aromatic carbocycles. The van der Waals surface area contributed by atoms with E-state index < -0.39 is 0 Å². The number of carbonyl (C=O) groups is 1. The average Bonchev–Trinajstić information content (AvgIpc) is 2.26. The molecule has 106 valence electrons. The predicted molar refractivity (Wildman–Crippen MR) is 78.4 cm³/mol. The second kappa shape index (κ2) is 6.60. The molecule has 0 spiro atoms. The minimum absolute atomic E-state index is 0.0376. The van der Waals surface area contributed by atoms with E-state index in [1.807, 2.05) is 52.8 Å². The van der Waals surface area contributed by atoms with Crippen molar-refractivity contribution in [3.8, 4) is 5.75 Å². The highest BCUT2D eigenvalue weighted by molar-refractivity contribution is 5.77. The molecule has 0 bridgehead atoms. The second-order valence-corrected chi connectivity index (χ2v) is 6.06. The predicted octanol–water partition coefficient (Wildman–Crippen LogP) is 3.18. The smallest absolute Gasteiger partial charge is 0.222 e. The van der Waals surface area contributed by atoms with Gasteiger partial charge in [-0.05, 0) is 44.9 Å². The molecular formula is C16H25NO2. The van der Waals surface area contributed by atoms with E-state index in [2.05, 4.69) is 11.4 Å². The molecule has 0 aliphatic rings. The summed E-state index contributed by atoms with van der Waals surface area (Å²) in [6, 6.07) is 8.03. The van der Waals surface area contributed by atoms with Crippen molar-refractivity contribution >= 4 is 5.91 Å². The fourth-order valence-corrected chi connectivity index (χ4v) is 1.65. The van der Waals surface area contributed by atoms with Gasteiger partial charge in [0.25, 0.3) is 0 Å². The van der Waals surface area contributed by atoms with Gasteiger partial charge in [0.2, 0.25) is 5.91 Å². The third kappa shape index (κ3) is 6.27. The quantitative estimate of drug-likeness (QED) is 0.886. The molecule has 0 atom stereocenters. The van der Waals surface area contributed by atoms with Crippen LogP contribution in [0.1, 0.15) is 40.2 Å². The van der Waals surface area contributed by atoms with E-state index in [0.717, 1.165) is 12.2 Å². The molecule has 0 heterocycles. The molecule has 0 aliphatic carbocycles. The minimum atomic E-state index is -0.190. The normalized spacial score (nSPS) is 11.5. The van der Waals surface area contributed by atoms with E-state index >= 15 is 0 Å². The Kier molecular flexibility index (Phi) is 5.40. The number of carbonyl (C=O) groups excluding carboxylic acids is 1. The zero-order valence-corrected chi connectivity index (χ0v) is 12.6. The van der Waals surface area contributed by atoms with Crippen LogP contribution in [0.4, 0.5) is 0 Å². The molecule has 1 amide bonds. The summed E-state index contributed by atoms with van der Waals surface area (Å²) in [5, 5.41) is 2.92. The van der Waals surface area contributed by atoms with Crippen molar-refractivity contribution in [2.24, 2.45) is 5.92 Å². The number of rotatable bonds is 5. The Morgan fingerprint density at radius 3 is 2.58 bits per heavy atom. The average molecular weight is 263 g/mol. The van der Waals surface area contributed by atoms with Crippen LogP contribution in [0, 0.1) is 5.92 Å².